The molecule has 0 N–H and O–H groups in total. The summed E-state index contributed by atoms with van der Waals surface area (Å²) >= 11 is 0. The van der Waals surface area contributed by atoms with Crippen molar-refractivity contribution in [2.45, 2.75) is 32.5 Å². The molecule has 0 spiro atoms. The summed E-state index contributed by atoms with van der Waals surface area (Å²) in [7, 11) is 2.13. The fourth-order valence-electron chi connectivity index (χ4n) is 3.16. The van der Waals surface area contributed by atoms with E-state index >= 15 is 0 Å². The zero-order chi connectivity index (χ0) is 16.2. The molecule has 0 aliphatic carbocycles. The third-order valence-electron chi connectivity index (χ3n) is 4.58. The van der Waals surface area contributed by atoms with Gasteiger partial charge in [-0.2, -0.15) is 0 Å². The molecule has 0 saturated carbocycles. The molecule has 1 aromatic heterocycles. The van der Waals surface area contributed by atoms with Crippen molar-refractivity contribution < 1.29 is 4.39 Å². The van der Waals surface area contributed by atoms with Crippen LogP contribution in [-0.4, -0.2) is 45.9 Å². The van der Waals surface area contributed by atoms with Gasteiger partial charge in [0.05, 0.1) is 6.54 Å². The first-order chi connectivity index (χ1) is 11.1. The van der Waals surface area contributed by atoms with Gasteiger partial charge in [-0.3, -0.25) is 9.80 Å². The molecule has 5 heteroatoms. The molecule has 122 valence electrons. The van der Waals surface area contributed by atoms with Gasteiger partial charge in [-0.05, 0) is 49.7 Å². The second-order valence-electron chi connectivity index (χ2n) is 6.33. The van der Waals surface area contributed by atoms with Crippen molar-refractivity contribution in [2.75, 3.05) is 20.1 Å². The maximum absolute atomic E-state index is 13.2. The van der Waals surface area contributed by atoms with Crippen molar-refractivity contribution in [3.63, 3.8) is 0 Å². The molecule has 3 rings (SSSR count). The number of benzene rings is 1. The fourth-order valence-corrected chi connectivity index (χ4v) is 3.16. The number of nitrogens with zero attached hydrogens (tertiary/aromatic N) is 4. The van der Waals surface area contributed by atoms with E-state index in [2.05, 4.69) is 26.8 Å². The van der Waals surface area contributed by atoms with Crippen LogP contribution in [0.25, 0.3) is 0 Å². The van der Waals surface area contributed by atoms with E-state index in [4.69, 9.17) is 0 Å². The van der Waals surface area contributed by atoms with Crippen molar-refractivity contribution in [3.05, 3.63) is 59.4 Å². The zero-order valence-electron chi connectivity index (χ0n) is 13.7. The molecule has 1 aliphatic rings. The first-order valence-electron chi connectivity index (χ1n) is 8.05. The van der Waals surface area contributed by atoms with Gasteiger partial charge in [-0.15, -0.1) is 0 Å². The molecule has 0 amide bonds. The quantitative estimate of drug-likeness (QED) is 0.849. The molecule has 1 aromatic carbocycles. The van der Waals surface area contributed by atoms with Gasteiger partial charge in [-0.25, -0.2) is 14.4 Å². The van der Waals surface area contributed by atoms with Crippen LogP contribution in [0.1, 0.15) is 23.4 Å². The summed E-state index contributed by atoms with van der Waals surface area (Å²) in [4.78, 5) is 13.4. The minimum Gasteiger partial charge on any atom is -0.297 e. The molecule has 23 heavy (non-hydrogen) atoms. The first-order valence-corrected chi connectivity index (χ1v) is 8.05. The van der Waals surface area contributed by atoms with Crippen molar-refractivity contribution in [1.82, 2.24) is 19.8 Å². The van der Waals surface area contributed by atoms with Gasteiger partial charge in [0.25, 0.3) is 0 Å². The number of aryl methyl sites for hydroxylation is 1. The Hall–Kier alpha value is -1.85. The maximum atomic E-state index is 13.2. The first kappa shape index (κ1) is 16.0. The minimum atomic E-state index is -0.159. The van der Waals surface area contributed by atoms with Crippen LogP contribution in [0, 0.1) is 12.7 Å². The molecule has 0 radical (unpaired) electrons. The number of likely N-dealkylation sites (N-methyl/N-ethyl adjacent to an activating group) is 1. The van der Waals surface area contributed by atoms with E-state index in [1.807, 2.05) is 19.1 Å². The highest BCUT2D eigenvalue weighted by molar-refractivity contribution is 5.26. The molecule has 0 unspecified atom stereocenters. The van der Waals surface area contributed by atoms with Crippen LogP contribution in [0.15, 0.2) is 36.7 Å². The third kappa shape index (κ3) is 4.12. The summed E-state index contributed by atoms with van der Waals surface area (Å²) in [6, 6.07) is 7.42. The summed E-state index contributed by atoms with van der Waals surface area (Å²) in [6.45, 7) is 5.74. The second kappa shape index (κ2) is 7.15. The topological polar surface area (TPSA) is 32.3 Å². The standard InChI is InChI=1S/C18H23FN4/c1-14-10-16(19)5-4-15(14)11-23-9-6-17(12-23)22(2)13-18-20-7-3-8-21-18/h3-5,7-8,10,17H,6,9,11-13H2,1-2H3/t17-/m0/s1. The normalized spacial score (nSPS) is 18.7. The maximum Gasteiger partial charge on any atom is 0.142 e. The Labute approximate surface area is 137 Å². The Bertz CT molecular complexity index is 647. The van der Waals surface area contributed by atoms with Gasteiger partial charge in [0.2, 0.25) is 0 Å². The van der Waals surface area contributed by atoms with Gasteiger partial charge in [-0.1, -0.05) is 6.07 Å². The van der Waals surface area contributed by atoms with Crippen LogP contribution in [0.3, 0.4) is 0 Å². The number of hydrogen-bond donors (Lipinski definition) is 0. The van der Waals surface area contributed by atoms with Crippen molar-refractivity contribution >= 4 is 0 Å². The lowest BCUT2D eigenvalue weighted by Crippen LogP contribution is -2.34. The van der Waals surface area contributed by atoms with Crippen LogP contribution in [0.4, 0.5) is 4.39 Å². The average Bonchev–Trinajstić information content (AvgIpc) is 3.00. The Morgan fingerprint density at radius 3 is 2.83 bits per heavy atom. The summed E-state index contributed by atoms with van der Waals surface area (Å²) in [6.07, 6.45) is 4.71. The predicted octanol–water partition coefficient (Wildman–Crippen LogP) is 2.63. The minimum absolute atomic E-state index is 0.159. The zero-order valence-corrected chi connectivity index (χ0v) is 13.7. The van der Waals surface area contributed by atoms with Crippen molar-refractivity contribution in [2.24, 2.45) is 0 Å². The largest absolute Gasteiger partial charge is 0.297 e. The number of likely N-dealkylation sites (tertiary alicyclic amines) is 1. The molecule has 1 aliphatic heterocycles. The monoisotopic (exact) mass is 314 g/mol. The number of rotatable bonds is 5. The predicted molar refractivity (Wildman–Crippen MR) is 88.3 cm³/mol. The van der Waals surface area contributed by atoms with E-state index in [1.54, 1.807) is 24.5 Å². The Morgan fingerprint density at radius 2 is 2.09 bits per heavy atom. The van der Waals surface area contributed by atoms with E-state index in [0.717, 1.165) is 44.0 Å². The Morgan fingerprint density at radius 1 is 1.30 bits per heavy atom. The number of hydrogen-bond acceptors (Lipinski definition) is 4. The van der Waals surface area contributed by atoms with Crippen LogP contribution in [0.5, 0.6) is 0 Å². The molecular formula is C18H23FN4. The molecule has 2 heterocycles. The highest BCUT2D eigenvalue weighted by atomic mass is 19.1. The molecule has 1 fully saturated rings. The van der Waals surface area contributed by atoms with E-state index < -0.39 is 0 Å². The van der Waals surface area contributed by atoms with E-state index in [0.29, 0.717) is 6.04 Å². The van der Waals surface area contributed by atoms with E-state index in [1.165, 1.54) is 5.56 Å². The Kier molecular flexibility index (Phi) is 4.98. The summed E-state index contributed by atoms with van der Waals surface area (Å²) in [5.74, 6) is 0.705. The highest BCUT2D eigenvalue weighted by Gasteiger charge is 2.26. The molecule has 1 atom stereocenters. The molecular weight excluding hydrogens is 291 g/mol. The smallest absolute Gasteiger partial charge is 0.142 e. The average molecular weight is 314 g/mol. The number of halogens is 1. The van der Waals surface area contributed by atoms with Crippen molar-refractivity contribution in [1.29, 1.82) is 0 Å². The van der Waals surface area contributed by atoms with Crippen molar-refractivity contribution in [3.8, 4) is 0 Å². The number of aromatic nitrogens is 2. The summed E-state index contributed by atoms with van der Waals surface area (Å²) < 4.78 is 13.2. The van der Waals surface area contributed by atoms with E-state index in [-0.39, 0.29) is 5.82 Å². The Balaban J connectivity index is 1.55. The molecule has 1 saturated heterocycles. The lowest BCUT2D eigenvalue weighted by Gasteiger charge is -2.24. The van der Waals surface area contributed by atoms with Gasteiger partial charge in [0, 0.05) is 38.1 Å². The third-order valence-corrected chi connectivity index (χ3v) is 4.58. The molecule has 4 nitrogen and oxygen atoms in total. The van der Waals surface area contributed by atoms with Crippen LogP contribution < -0.4 is 0 Å². The highest BCUT2D eigenvalue weighted by Crippen LogP contribution is 2.20. The second-order valence-corrected chi connectivity index (χ2v) is 6.33. The molecule has 2 aromatic rings. The van der Waals surface area contributed by atoms with Crippen LogP contribution in [-0.2, 0) is 13.1 Å². The van der Waals surface area contributed by atoms with Gasteiger partial charge in [0.15, 0.2) is 0 Å². The molecule has 0 bridgehead atoms. The van der Waals surface area contributed by atoms with Crippen LogP contribution >= 0.6 is 0 Å². The van der Waals surface area contributed by atoms with E-state index in [9.17, 15) is 4.39 Å². The lowest BCUT2D eigenvalue weighted by atomic mass is 10.1. The van der Waals surface area contributed by atoms with Gasteiger partial charge in [0.1, 0.15) is 11.6 Å². The summed E-state index contributed by atoms with van der Waals surface area (Å²) in [5.41, 5.74) is 2.24. The van der Waals surface area contributed by atoms with Gasteiger partial charge < -0.3 is 0 Å². The fraction of sp³-hybridized carbons (Fsp3) is 0.444. The SMILES string of the molecule is Cc1cc(F)ccc1CN1CC[C@H](N(C)Cc2ncccn2)C1. The lowest BCUT2D eigenvalue weighted by molar-refractivity contribution is 0.218. The van der Waals surface area contributed by atoms with Crippen LogP contribution in [0.2, 0.25) is 0 Å². The summed E-state index contributed by atoms with van der Waals surface area (Å²) in [5, 5.41) is 0. The van der Waals surface area contributed by atoms with Gasteiger partial charge >= 0.3 is 0 Å².